The summed E-state index contributed by atoms with van der Waals surface area (Å²) >= 11 is 0. The SMILES string of the molecule is O=C(NO)c1ccc2c(c1)CCC1(CCN(c3nc4ccccc4[nH]3)C1=O)C2. The number of hydrogen-bond acceptors (Lipinski definition) is 4. The van der Waals surface area contributed by atoms with Gasteiger partial charge in [-0.15, -0.1) is 0 Å². The van der Waals surface area contributed by atoms with E-state index in [2.05, 4.69) is 9.97 Å². The van der Waals surface area contributed by atoms with Crippen LogP contribution in [0.1, 0.15) is 34.3 Å². The average molecular weight is 376 g/mol. The van der Waals surface area contributed by atoms with Crippen molar-refractivity contribution in [2.75, 3.05) is 11.4 Å². The first-order valence-corrected chi connectivity index (χ1v) is 9.43. The molecule has 1 fully saturated rings. The highest BCUT2D eigenvalue weighted by atomic mass is 16.5. The van der Waals surface area contributed by atoms with Gasteiger partial charge < -0.3 is 4.98 Å². The fourth-order valence-electron chi connectivity index (χ4n) is 4.55. The molecule has 1 aromatic heterocycles. The molecule has 0 radical (unpaired) electrons. The van der Waals surface area contributed by atoms with Gasteiger partial charge in [0.1, 0.15) is 0 Å². The second kappa shape index (κ2) is 6.17. The van der Waals surface area contributed by atoms with E-state index in [1.807, 2.05) is 36.4 Å². The lowest BCUT2D eigenvalue weighted by atomic mass is 9.70. The normalized spacial score (nSPS) is 21.3. The number of rotatable bonds is 2. The number of carbonyl (C=O) groups excluding carboxylic acids is 2. The van der Waals surface area contributed by atoms with Gasteiger partial charge in [0.25, 0.3) is 5.91 Å². The molecule has 2 aliphatic rings. The second-order valence-electron chi connectivity index (χ2n) is 7.67. The van der Waals surface area contributed by atoms with E-state index in [1.165, 1.54) is 0 Å². The summed E-state index contributed by atoms with van der Waals surface area (Å²) in [6.45, 7) is 0.652. The van der Waals surface area contributed by atoms with Crippen LogP contribution in [-0.2, 0) is 17.6 Å². The van der Waals surface area contributed by atoms with Crippen molar-refractivity contribution in [3.05, 3.63) is 59.2 Å². The molecule has 1 unspecified atom stereocenters. The van der Waals surface area contributed by atoms with Crippen molar-refractivity contribution in [3.8, 4) is 0 Å². The Morgan fingerprint density at radius 1 is 1.18 bits per heavy atom. The van der Waals surface area contributed by atoms with Crippen molar-refractivity contribution in [3.63, 3.8) is 0 Å². The van der Waals surface area contributed by atoms with E-state index in [4.69, 9.17) is 5.21 Å². The van der Waals surface area contributed by atoms with E-state index in [0.717, 1.165) is 41.4 Å². The number of aryl methyl sites for hydroxylation is 1. The van der Waals surface area contributed by atoms with Crippen LogP contribution in [0.2, 0.25) is 0 Å². The zero-order valence-electron chi connectivity index (χ0n) is 15.2. The maximum Gasteiger partial charge on any atom is 0.274 e. The average Bonchev–Trinajstić information content (AvgIpc) is 3.28. The third-order valence-electron chi connectivity index (χ3n) is 6.12. The Bertz CT molecular complexity index is 1070. The van der Waals surface area contributed by atoms with Gasteiger partial charge in [0.2, 0.25) is 11.9 Å². The number of benzene rings is 2. The van der Waals surface area contributed by atoms with Crippen molar-refractivity contribution >= 4 is 28.8 Å². The Balaban J connectivity index is 1.43. The number of hydrogen-bond donors (Lipinski definition) is 3. The van der Waals surface area contributed by atoms with E-state index in [0.29, 0.717) is 24.5 Å². The molecule has 28 heavy (non-hydrogen) atoms. The number of fused-ring (bicyclic) bond motifs is 2. The third-order valence-corrected chi connectivity index (χ3v) is 6.12. The molecule has 2 aromatic carbocycles. The van der Waals surface area contributed by atoms with Crippen LogP contribution in [0.3, 0.4) is 0 Å². The molecule has 3 aromatic rings. The number of hydroxylamine groups is 1. The van der Waals surface area contributed by atoms with Crippen LogP contribution in [0.5, 0.6) is 0 Å². The van der Waals surface area contributed by atoms with Crippen LogP contribution in [0.4, 0.5) is 5.95 Å². The number of para-hydroxylation sites is 2. The van der Waals surface area contributed by atoms with Gasteiger partial charge >= 0.3 is 0 Å². The first-order valence-electron chi connectivity index (χ1n) is 9.43. The van der Waals surface area contributed by atoms with Crippen LogP contribution in [0, 0.1) is 5.41 Å². The number of carbonyl (C=O) groups is 2. The molecular formula is C21H20N4O3. The van der Waals surface area contributed by atoms with Crippen molar-refractivity contribution < 1.29 is 14.8 Å². The summed E-state index contributed by atoms with van der Waals surface area (Å²) < 4.78 is 0. The van der Waals surface area contributed by atoms with E-state index in [-0.39, 0.29) is 5.91 Å². The Morgan fingerprint density at radius 3 is 2.86 bits per heavy atom. The molecule has 0 saturated carbocycles. The fraction of sp³-hybridized carbons (Fsp3) is 0.286. The van der Waals surface area contributed by atoms with Crippen LogP contribution < -0.4 is 10.4 Å². The molecule has 2 amide bonds. The highest BCUT2D eigenvalue weighted by molar-refractivity contribution is 6.00. The molecular weight excluding hydrogens is 356 g/mol. The Kier molecular flexibility index (Phi) is 3.73. The smallest absolute Gasteiger partial charge is 0.274 e. The number of H-pyrrole nitrogens is 1. The predicted octanol–water partition coefficient (Wildman–Crippen LogP) is 2.59. The van der Waals surface area contributed by atoms with Crippen molar-refractivity contribution in [2.24, 2.45) is 5.41 Å². The van der Waals surface area contributed by atoms with Crippen molar-refractivity contribution in [2.45, 2.75) is 25.7 Å². The number of imidazole rings is 1. The molecule has 3 N–H and O–H groups in total. The molecule has 1 spiro atoms. The maximum atomic E-state index is 13.4. The van der Waals surface area contributed by atoms with Gasteiger partial charge in [-0.1, -0.05) is 18.2 Å². The maximum absolute atomic E-state index is 13.4. The number of aromatic amines is 1. The Morgan fingerprint density at radius 2 is 2.04 bits per heavy atom. The molecule has 2 heterocycles. The zero-order valence-corrected chi connectivity index (χ0v) is 15.2. The van der Waals surface area contributed by atoms with E-state index >= 15 is 0 Å². The molecule has 7 heteroatoms. The number of anilines is 1. The van der Waals surface area contributed by atoms with Crippen LogP contribution in [-0.4, -0.2) is 33.5 Å². The van der Waals surface area contributed by atoms with Crippen LogP contribution in [0.25, 0.3) is 11.0 Å². The topological polar surface area (TPSA) is 98.3 Å². The highest BCUT2D eigenvalue weighted by Crippen LogP contribution is 2.44. The summed E-state index contributed by atoms with van der Waals surface area (Å²) in [5, 5.41) is 8.83. The standard InChI is InChI=1S/C21H20N4O3/c26-18(24-28)14-5-6-15-12-21(8-7-13(15)11-14)9-10-25(19(21)27)20-22-16-3-1-2-4-17(16)23-20/h1-6,11,28H,7-10,12H2,(H,22,23)(H,24,26). The van der Waals surface area contributed by atoms with E-state index in [1.54, 1.807) is 16.4 Å². The summed E-state index contributed by atoms with van der Waals surface area (Å²) in [6.07, 6.45) is 2.95. The van der Waals surface area contributed by atoms with Gasteiger partial charge in [-0.05, 0) is 61.1 Å². The second-order valence-corrected chi connectivity index (χ2v) is 7.67. The Hall–Kier alpha value is -3.19. The molecule has 5 rings (SSSR count). The number of aromatic nitrogens is 2. The minimum absolute atomic E-state index is 0.120. The molecule has 1 saturated heterocycles. The van der Waals surface area contributed by atoms with Crippen LogP contribution in [0.15, 0.2) is 42.5 Å². The van der Waals surface area contributed by atoms with Gasteiger partial charge in [0.05, 0.1) is 16.4 Å². The lowest BCUT2D eigenvalue weighted by Crippen LogP contribution is -2.39. The lowest BCUT2D eigenvalue weighted by molar-refractivity contribution is -0.126. The molecule has 7 nitrogen and oxygen atoms in total. The zero-order chi connectivity index (χ0) is 19.3. The van der Waals surface area contributed by atoms with Gasteiger partial charge in [0, 0.05) is 12.1 Å². The molecule has 1 atom stereocenters. The monoisotopic (exact) mass is 376 g/mol. The van der Waals surface area contributed by atoms with E-state index in [9.17, 15) is 9.59 Å². The largest absolute Gasteiger partial charge is 0.324 e. The summed E-state index contributed by atoms with van der Waals surface area (Å²) in [7, 11) is 0. The van der Waals surface area contributed by atoms with Crippen LogP contribution >= 0.6 is 0 Å². The molecule has 1 aliphatic heterocycles. The number of nitrogens with zero attached hydrogens (tertiary/aromatic N) is 2. The summed E-state index contributed by atoms with van der Waals surface area (Å²) in [5.74, 6) is 0.217. The minimum Gasteiger partial charge on any atom is -0.324 e. The van der Waals surface area contributed by atoms with Gasteiger partial charge in [-0.3, -0.25) is 19.7 Å². The van der Waals surface area contributed by atoms with Gasteiger partial charge in [0.15, 0.2) is 0 Å². The Labute approximate surface area is 161 Å². The number of amides is 2. The first-order chi connectivity index (χ1) is 13.6. The molecule has 142 valence electrons. The van der Waals surface area contributed by atoms with Gasteiger partial charge in [-0.25, -0.2) is 10.5 Å². The van der Waals surface area contributed by atoms with E-state index < -0.39 is 11.3 Å². The first kappa shape index (κ1) is 16.9. The van der Waals surface area contributed by atoms with Gasteiger partial charge in [-0.2, -0.15) is 0 Å². The molecule has 1 aliphatic carbocycles. The minimum atomic E-state index is -0.518. The lowest BCUT2D eigenvalue weighted by Gasteiger charge is -2.33. The molecule has 0 bridgehead atoms. The predicted molar refractivity (Wildman–Crippen MR) is 103 cm³/mol. The summed E-state index contributed by atoms with van der Waals surface area (Å²) in [6, 6.07) is 13.2. The third kappa shape index (κ3) is 2.51. The van der Waals surface area contributed by atoms with Crippen molar-refractivity contribution in [1.29, 1.82) is 0 Å². The summed E-state index contributed by atoms with van der Waals surface area (Å²) in [4.78, 5) is 34.6. The summed E-state index contributed by atoms with van der Waals surface area (Å²) in [5.41, 5.74) is 5.64. The highest BCUT2D eigenvalue weighted by Gasteiger charge is 2.49. The fourth-order valence-corrected chi connectivity index (χ4v) is 4.55. The van der Waals surface area contributed by atoms with Crippen molar-refractivity contribution in [1.82, 2.24) is 15.4 Å². The number of nitrogens with one attached hydrogen (secondary N) is 2. The quantitative estimate of drug-likeness (QED) is 0.473.